The van der Waals surface area contributed by atoms with E-state index in [0.29, 0.717) is 12.0 Å². The van der Waals surface area contributed by atoms with Gasteiger partial charge in [-0.05, 0) is 48.9 Å². The molecule has 2 rings (SSSR count). The molecule has 0 amide bonds. The average Bonchev–Trinajstić information content (AvgIpc) is 3.08. The molecule has 3 nitrogen and oxygen atoms in total. The largest absolute Gasteiger partial charge is 0.468 e. The zero-order chi connectivity index (χ0) is 15.4. The fraction of sp³-hybridized carbons (Fsp3) is 0.471. The van der Waals surface area contributed by atoms with Crippen LogP contribution in [0.5, 0.6) is 0 Å². The molecule has 0 saturated carbocycles. The van der Waals surface area contributed by atoms with Crippen LogP contribution in [0.25, 0.3) is 0 Å². The summed E-state index contributed by atoms with van der Waals surface area (Å²) >= 11 is 1.53. The quantitative estimate of drug-likeness (QED) is 0.701. The maximum atomic E-state index is 11.4. The van der Waals surface area contributed by atoms with Crippen molar-refractivity contribution in [2.24, 2.45) is 5.92 Å². The number of ketones is 1. The van der Waals surface area contributed by atoms with E-state index >= 15 is 0 Å². The van der Waals surface area contributed by atoms with Crippen molar-refractivity contribution in [1.29, 1.82) is 0 Å². The van der Waals surface area contributed by atoms with E-state index < -0.39 is 0 Å². The van der Waals surface area contributed by atoms with Crippen molar-refractivity contribution in [2.75, 3.05) is 0 Å². The highest BCUT2D eigenvalue weighted by molar-refractivity contribution is 7.12. The molecule has 0 aliphatic carbocycles. The normalized spacial score (nSPS) is 13.0. The smallest absolute Gasteiger partial charge is 0.169 e. The molecule has 0 N–H and O–H groups in total. The predicted octanol–water partition coefficient (Wildman–Crippen LogP) is 4.59. The summed E-state index contributed by atoms with van der Waals surface area (Å²) in [5.41, 5.74) is 1.20. The van der Waals surface area contributed by atoms with E-state index in [2.05, 4.69) is 31.1 Å². The van der Waals surface area contributed by atoms with Gasteiger partial charge in [-0.25, -0.2) is 0 Å². The van der Waals surface area contributed by atoms with Gasteiger partial charge in [0.2, 0.25) is 0 Å². The number of hydrogen-bond acceptors (Lipinski definition) is 4. The second-order valence-electron chi connectivity index (χ2n) is 5.84. The molecule has 21 heavy (non-hydrogen) atoms. The minimum atomic E-state index is 0.140. The highest BCUT2D eigenvalue weighted by Gasteiger charge is 2.19. The van der Waals surface area contributed by atoms with Crippen molar-refractivity contribution in [3.63, 3.8) is 0 Å². The van der Waals surface area contributed by atoms with Crippen LogP contribution >= 0.6 is 11.3 Å². The molecule has 0 aliphatic rings. The molecule has 2 heterocycles. The lowest BCUT2D eigenvalue weighted by atomic mass is 10.0. The van der Waals surface area contributed by atoms with Gasteiger partial charge in [0.15, 0.2) is 5.78 Å². The number of hydrogen-bond donors (Lipinski definition) is 0. The Kier molecular flexibility index (Phi) is 5.37. The number of rotatable bonds is 7. The minimum Gasteiger partial charge on any atom is -0.468 e. The fourth-order valence-electron chi connectivity index (χ4n) is 2.25. The van der Waals surface area contributed by atoms with E-state index in [0.717, 1.165) is 23.7 Å². The molecule has 0 radical (unpaired) electrons. The number of carbonyl (C=O) groups is 1. The van der Waals surface area contributed by atoms with Crippen molar-refractivity contribution in [2.45, 2.75) is 46.8 Å². The third-order valence-electron chi connectivity index (χ3n) is 3.87. The van der Waals surface area contributed by atoms with Gasteiger partial charge in [-0.1, -0.05) is 13.8 Å². The SMILES string of the molecule is CC(=O)c1cc(CN(Cc2ccco2)C(C)C(C)C)cs1. The first-order chi connectivity index (χ1) is 9.97. The highest BCUT2D eigenvalue weighted by Crippen LogP contribution is 2.22. The van der Waals surface area contributed by atoms with E-state index in [1.807, 2.05) is 18.2 Å². The van der Waals surface area contributed by atoms with Crippen LogP contribution in [-0.4, -0.2) is 16.7 Å². The Morgan fingerprint density at radius 2 is 2.10 bits per heavy atom. The van der Waals surface area contributed by atoms with Gasteiger partial charge < -0.3 is 4.42 Å². The fourth-order valence-corrected chi connectivity index (χ4v) is 3.05. The van der Waals surface area contributed by atoms with Crippen LogP contribution in [0.15, 0.2) is 34.3 Å². The van der Waals surface area contributed by atoms with E-state index in [1.54, 1.807) is 13.2 Å². The first-order valence-corrected chi connectivity index (χ1v) is 8.20. The van der Waals surface area contributed by atoms with Crippen LogP contribution in [0.3, 0.4) is 0 Å². The number of thiophene rings is 1. The Bertz CT molecular complexity index is 571. The zero-order valence-corrected chi connectivity index (χ0v) is 13.9. The molecule has 1 unspecified atom stereocenters. The number of nitrogens with zero attached hydrogens (tertiary/aromatic N) is 1. The molecule has 114 valence electrons. The van der Waals surface area contributed by atoms with E-state index in [-0.39, 0.29) is 5.78 Å². The first-order valence-electron chi connectivity index (χ1n) is 7.32. The Hall–Kier alpha value is -1.39. The first kappa shape index (κ1) is 16.0. The van der Waals surface area contributed by atoms with Crippen LogP contribution in [0.4, 0.5) is 0 Å². The standard InChI is InChI=1S/C17H23NO2S/c1-12(2)13(3)18(10-16-6-5-7-20-16)9-15-8-17(14(4)19)21-11-15/h5-8,11-13H,9-10H2,1-4H3. The summed E-state index contributed by atoms with van der Waals surface area (Å²) in [5.74, 6) is 1.68. The van der Waals surface area contributed by atoms with Gasteiger partial charge in [-0.15, -0.1) is 11.3 Å². The van der Waals surface area contributed by atoms with Crippen molar-refractivity contribution in [3.8, 4) is 0 Å². The monoisotopic (exact) mass is 305 g/mol. The third-order valence-corrected chi connectivity index (χ3v) is 4.95. The van der Waals surface area contributed by atoms with Gasteiger partial charge in [0, 0.05) is 12.6 Å². The molecule has 0 fully saturated rings. The Labute approximate surface area is 130 Å². The molecular formula is C17H23NO2S. The molecule has 0 aromatic carbocycles. The zero-order valence-electron chi connectivity index (χ0n) is 13.1. The summed E-state index contributed by atoms with van der Waals surface area (Å²) < 4.78 is 5.48. The summed E-state index contributed by atoms with van der Waals surface area (Å²) in [7, 11) is 0. The second kappa shape index (κ2) is 7.05. The van der Waals surface area contributed by atoms with Crippen LogP contribution in [0, 0.1) is 5.92 Å². The Balaban J connectivity index is 2.12. The van der Waals surface area contributed by atoms with Crippen molar-refractivity contribution in [3.05, 3.63) is 46.0 Å². The molecule has 0 saturated heterocycles. The minimum absolute atomic E-state index is 0.140. The lowest BCUT2D eigenvalue weighted by molar-refractivity contribution is 0.102. The molecule has 0 aliphatic heterocycles. The third kappa shape index (κ3) is 4.29. The van der Waals surface area contributed by atoms with E-state index in [9.17, 15) is 4.79 Å². The Morgan fingerprint density at radius 3 is 2.62 bits per heavy atom. The highest BCUT2D eigenvalue weighted by atomic mass is 32.1. The lowest BCUT2D eigenvalue weighted by Gasteiger charge is -2.30. The predicted molar refractivity (Wildman–Crippen MR) is 86.6 cm³/mol. The second-order valence-corrected chi connectivity index (χ2v) is 6.76. The Morgan fingerprint density at radius 1 is 1.33 bits per heavy atom. The van der Waals surface area contributed by atoms with Gasteiger partial charge >= 0.3 is 0 Å². The molecular weight excluding hydrogens is 282 g/mol. The van der Waals surface area contributed by atoms with Crippen LogP contribution < -0.4 is 0 Å². The van der Waals surface area contributed by atoms with Crippen LogP contribution in [0.2, 0.25) is 0 Å². The molecule has 1 atom stereocenters. The van der Waals surface area contributed by atoms with Crippen molar-refractivity contribution >= 4 is 17.1 Å². The van der Waals surface area contributed by atoms with Gasteiger partial charge in [-0.3, -0.25) is 9.69 Å². The van der Waals surface area contributed by atoms with E-state index in [1.165, 1.54) is 16.9 Å². The number of furan rings is 1. The summed E-state index contributed by atoms with van der Waals surface area (Å²) in [6.45, 7) is 9.95. The van der Waals surface area contributed by atoms with Crippen LogP contribution in [-0.2, 0) is 13.1 Å². The topological polar surface area (TPSA) is 33.5 Å². The lowest BCUT2D eigenvalue weighted by Crippen LogP contribution is -2.35. The summed E-state index contributed by atoms with van der Waals surface area (Å²) in [4.78, 5) is 14.7. The van der Waals surface area contributed by atoms with Gasteiger partial charge in [0.1, 0.15) is 5.76 Å². The van der Waals surface area contributed by atoms with Gasteiger partial charge in [0.05, 0.1) is 17.7 Å². The van der Waals surface area contributed by atoms with Gasteiger partial charge in [0.25, 0.3) is 0 Å². The molecule has 2 aromatic heterocycles. The summed E-state index contributed by atoms with van der Waals surface area (Å²) in [6.07, 6.45) is 1.71. The molecule has 2 aromatic rings. The maximum Gasteiger partial charge on any atom is 0.169 e. The number of carbonyl (C=O) groups excluding carboxylic acids is 1. The summed E-state index contributed by atoms with van der Waals surface area (Å²) in [5, 5.41) is 2.08. The molecule has 0 spiro atoms. The average molecular weight is 305 g/mol. The van der Waals surface area contributed by atoms with Crippen molar-refractivity contribution < 1.29 is 9.21 Å². The van der Waals surface area contributed by atoms with Gasteiger partial charge in [-0.2, -0.15) is 0 Å². The maximum absolute atomic E-state index is 11.4. The van der Waals surface area contributed by atoms with Crippen LogP contribution in [0.1, 0.15) is 48.7 Å². The number of Topliss-reactive ketones (excluding diaryl/α,β-unsaturated/α-hetero) is 1. The summed E-state index contributed by atoms with van der Waals surface area (Å²) in [6, 6.07) is 6.38. The van der Waals surface area contributed by atoms with E-state index in [4.69, 9.17) is 4.42 Å². The molecule has 4 heteroatoms. The molecule has 0 bridgehead atoms. The van der Waals surface area contributed by atoms with Crippen molar-refractivity contribution in [1.82, 2.24) is 4.90 Å².